The number of phenolic OH excluding ortho intramolecular Hbond substituents is 1. The van der Waals surface area contributed by atoms with Crippen molar-refractivity contribution in [1.82, 2.24) is 5.32 Å². The highest BCUT2D eigenvalue weighted by Crippen LogP contribution is 2.22. The molecule has 4 heteroatoms. The second-order valence-corrected chi connectivity index (χ2v) is 5.09. The van der Waals surface area contributed by atoms with Crippen molar-refractivity contribution in [2.75, 3.05) is 25.5 Å². The summed E-state index contributed by atoms with van der Waals surface area (Å²) in [5.74, 6) is 0.0794. The van der Waals surface area contributed by atoms with E-state index in [0.717, 1.165) is 18.7 Å². The van der Waals surface area contributed by atoms with E-state index in [0.29, 0.717) is 5.56 Å². The lowest BCUT2D eigenvalue weighted by atomic mass is 10.0. The van der Waals surface area contributed by atoms with Crippen LogP contribution >= 0.6 is 0 Å². The van der Waals surface area contributed by atoms with E-state index < -0.39 is 0 Å². The Bertz CT molecular complexity index is 571. The van der Waals surface area contributed by atoms with Crippen LogP contribution in [0.5, 0.6) is 5.75 Å². The summed E-state index contributed by atoms with van der Waals surface area (Å²) < 4.78 is 13.8. The molecule has 0 saturated carbocycles. The van der Waals surface area contributed by atoms with E-state index in [1.807, 2.05) is 38.4 Å². The first-order valence-electron chi connectivity index (χ1n) is 7.03. The molecule has 0 aliphatic carbocycles. The van der Waals surface area contributed by atoms with Crippen molar-refractivity contribution in [1.29, 1.82) is 0 Å². The number of hydrogen-bond acceptors (Lipinski definition) is 3. The Kier molecular flexibility index (Phi) is 5.17. The zero-order valence-electron chi connectivity index (χ0n) is 12.4. The molecule has 0 saturated heterocycles. The topological polar surface area (TPSA) is 35.5 Å². The summed E-state index contributed by atoms with van der Waals surface area (Å²) in [5, 5.41) is 12.5. The number of hydrogen-bond donors (Lipinski definition) is 2. The fourth-order valence-corrected chi connectivity index (χ4v) is 2.37. The molecule has 2 aromatic rings. The monoisotopic (exact) mass is 288 g/mol. The minimum absolute atomic E-state index is 0.0224. The average Bonchev–Trinajstić information content (AvgIpc) is 2.50. The Hall–Kier alpha value is -2.07. The predicted octanol–water partition coefficient (Wildman–Crippen LogP) is 3.32. The van der Waals surface area contributed by atoms with E-state index >= 15 is 0 Å². The van der Waals surface area contributed by atoms with Crippen molar-refractivity contribution in [2.24, 2.45) is 0 Å². The molecule has 0 aliphatic rings. The van der Waals surface area contributed by atoms with Gasteiger partial charge in [-0.05, 0) is 43.8 Å². The molecule has 0 amide bonds. The number of nitrogens with zero attached hydrogens (tertiary/aromatic N) is 1. The SMILES string of the molecule is CNC(CCN(C)c1ccc(O)cc1)c1ccccc1F. The first kappa shape index (κ1) is 15.3. The third-order valence-electron chi connectivity index (χ3n) is 3.67. The lowest BCUT2D eigenvalue weighted by Crippen LogP contribution is -2.25. The van der Waals surface area contributed by atoms with E-state index in [4.69, 9.17) is 0 Å². The molecule has 0 radical (unpaired) electrons. The van der Waals surface area contributed by atoms with Crippen molar-refractivity contribution in [2.45, 2.75) is 12.5 Å². The molecule has 2 aromatic carbocycles. The van der Waals surface area contributed by atoms with E-state index in [1.54, 1.807) is 18.2 Å². The maximum atomic E-state index is 13.8. The van der Waals surface area contributed by atoms with Crippen LogP contribution in [0.1, 0.15) is 18.0 Å². The lowest BCUT2D eigenvalue weighted by molar-refractivity contribution is 0.475. The van der Waals surface area contributed by atoms with Crippen LogP contribution in [0.15, 0.2) is 48.5 Å². The fraction of sp³-hybridized carbons (Fsp3) is 0.294. The summed E-state index contributed by atoms with van der Waals surface area (Å²) in [5.41, 5.74) is 1.72. The summed E-state index contributed by atoms with van der Waals surface area (Å²) in [6.07, 6.45) is 0.787. The van der Waals surface area contributed by atoms with Gasteiger partial charge >= 0.3 is 0 Å². The summed E-state index contributed by atoms with van der Waals surface area (Å²) in [4.78, 5) is 2.09. The highest BCUT2D eigenvalue weighted by atomic mass is 19.1. The third kappa shape index (κ3) is 3.95. The van der Waals surface area contributed by atoms with Crippen LogP contribution in [-0.4, -0.2) is 25.7 Å². The first-order chi connectivity index (χ1) is 10.1. The maximum Gasteiger partial charge on any atom is 0.127 e. The van der Waals surface area contributed by atoms with Crippen molar-refractivity contribution in [3.8, 4) is 5.75 Å². The number of aromatic hydroxyl groups is 1. The minimum atomic E-state index is -0.177. The minimum Gasteiger partial charge on any atom is -0.508 e. The molecule has 0 fully saturated rings. The number of benzene rings is 2. The van der Waals surface area contributed by atoms with Gasteiger partial charge in [-0.25, -0.2) is 4.39 Å². The van der Waals surface area contributed by atoms with Gasteiger partial charge in [0.1, 0.15) is 11.6 Å². The third-order valence-corrected chi connectivity index (χ3v) is 3.67. The summed E-state index contributed by atoms with van der Waals surface area (Å²) >= 11 is 0. The quantitative estimate of drug-likeness (QED) is 0.856. The summed E-state index contributed by atoms with van der Waals surface area (Å²) in [6, 6.07) is 13.9. The van der Waals surface area contributed by atoms with Crippen LogP contribution in [0.25, 0.3) is 0 Å². The van der Waals surface area contributed by atoms with Crippen LogP contribution in [-0.2, 0) is 0 Å². The van der Waals surface area contributed by atoms with Crippen molar-refractivity contribution in [3.63, 3.8) is 0 Å². The number of anilines is 1. The molecule has 0 spiro atoms. The molecule has 1 unspecified atom stereocenters. The van der Waals surface area contributed by atoms with Gasteiger partial charge in [-0.15, -0.1) is 0 Å². The fourth-order valence-electron chi connectivity index (χ4n) is 2.37. The molecule has 21 heavy (non-hydrogen) atoms. The zero-order valence-corrected chi connectivity index (χ0v) is 12.4. The number of nitrogens with one attached hydrogen (secondary N) is 1. The van der Waals surface area contributed by atoms with Gasteiger partial charge in [-0.3, -0.25) is 0 Å². The molecule has 0 heterocycles. The lowest BCUT2D eigenvalue weighted by Gasteiger charge is -2.23. The first-order valence-corrected chi connectivity index (χ1v) is 7.03. The molecular weight excluding hydrogens is 267 g/mol. The van der Waals surface area contributed by atoms with E-state index in [-0.39, 0.29) is 17.6 Å². The Morgan fingerprint density at radius 1 is 1.14 bits per heavy atom. The number of halogens is 1. The van der Waals surface area contributed by atoms with Crippen LogP contribution in [0.4, 0.5) is 10.1 Å². The molecule has 0 aromatic heterocycles. The standard InChI is InChI=1S/C17H21FN2O/c1-19-17(15-5-3-4-6-16(15)18)11-12-20(2)13-7-9-14(21)10-8-13/h3-10,17,19,21H,11-12H2,1-2H3. The van der Waals surface area contributed by atoms with Gasteiger partial charge in [0, 0.05) is 30.9 Å². The molecule has 0 bridgehead atoms. The molecule has 3 nitrogen and oxygen atoms in total. The van der Waals surface area contributed by atoms with Gasteiger partial charge in [0.25, 0.3) is 0 Å². The maximum absolute atomic E-state index is 13.8. The smallest absolute Gasteiger partial charge is 0.127 e. The van der Waals surface area contributed by atoms with Gasteiger partial charge in [-0.1, -0.05) is 18.2 Å². The van der Waals surface area contributed by atoms with Gasteiger partial charge < -0.3 is 15.3 Å². The number of rotatable bonds is 6. The number of phenols is 1. The molecule has 0 aliphatic heterocycles. The van der Waals surface area contributed by atoms with Crippen LogP contribution in [0, 0.1) is 5.82 Å². The van der Waals surface area contributed by atoms with Gasteiger partial charge in [0.15, 0.2) is 0 Å². The van der Waals surface area contributed by atoms with Crippen LogP contribution in [0.2, 0.25) is 0 Å². The largest absolute Gasteiger partial charge is 0.508 e. The predicted molar refractivity (Wildman–Crippen MR) is 84.2 cm³/mol. The summed E-state index contributed by atoms with van der Waals surface area (Å²) in [7, 11) is 3.83. The Morgan fingerprint density at radius 2 is 1.81 bits per heavy atom. The molecule has 2 rings (SSSR count). The van der Waals surface area contributed by atoms with E-state index in [1.165, 1.54) is 6.07 Å². The van der Waals surface area contributed by atoms with E-state index in [2.05, 4.69) is 10.2 Å². The van der Waals surface area contributed by atoms with E-state index in [9.17, 15) is 9.50 Å². The zero-order chi connectivity index (χ0) is 15.2. The van der Waals surface area contributed by atoms with Gasteiger partial charge in [-0.2, -0.15) is 0 Å². The van der Waals surface area contributed by atoms with Gasteiger partial charge in [0.2, 0.25) is 0 Å². The Balaban J connectivity index is 2.00. The molecule has 112 valence electrons. The second-order valence-electron chi connectivity index (χ2n) is 5.09. The Labute approximate surface area is 125 Å². The average molecular weight is 288 g/mol. The van der Waals surface area contributed by atoms with Crippen LogP contribution < -0.4 is 10.2 Å². The Morgan fingerprint density at radius 3 is 2.43 bits per heavy atom. The highest BCUT2D eigenvalue weighted by molar-refractivity contribution is 5.48. The van der Waals surface area contributed by atoms with Crippen molar-refractivity contribution in [3.05, 3.63) is 59.9 Å². The second kappa shape index (κ2) is 7.09. The van der Waals surface area contributed by atoms with Crippen molar-refractivity contribution < 1.29 is 9.50 Å². The molecule has 2 N–H and O–H groups in total. The van der Waals surface area contributed by atoms with Crippen LogP contribution in [0.3, 0.4) is 0 Å². The normalized spacial score (nSPS) is 12.1. The van der Waals surface area contributed by atoms with Gasteiger partial charge in [0.05, 0.1) is 0 Å². The summed E-state index contributed by atoms with van der Waals surface area (Å²) in [6.45, 7) is 0.782. The molecular formula is C17H21FN2O. The molecule has 1 atom stereocenters. The van der Waals surface area contributed by atoms with Crippen molar-refractivity contribution >= 4 is 5.69 Å². The highest BCUT2D eigenvalue weighted by Gasteiger charge is 2.14.